The molecule has 0 amide bonds. The molecule has 0 aliphatic heterocycles. The molecule has 0 radical (unpaired) electrons. The Labute approximate surface area is 117 Å². The predicted octanol–water partition coefficient (Wildman–Crippen LogP) is 3.13. The number of aliphatic hydroxyl groups excluding tert-OH is 1. The number of benzene rings is 1. The highest BCUT2D eigenvalue weighted by molar-refractivity contribution is 6.30. The van der Waals surface area contributed by atoms with Crippen molar-refractivity contribution in [2.24, 2.45) is 4.99 Å². The van der Waals surface area contributed by atoms with Crippen LogP contribution in [0.25, 0.3) is 0 Å². The zero-order valence-electron chi connectivity index (χ0n) is 9.97. The normalized spacial score (nSPS) is 12.8. The molecule has 20 heavy (non-hydrogen) atoms. The van der Waals surface area contributed by atoms with E-state index in [0.717, 1.165) is 12.1 Å². The lowest BCUT2D eigenvalue weighted by molar-refractivity contribution is -0.137. The number of imidazole rings is 1. The smallest absolute Gasteiger partial charge is 0.388 e. The van der Waals surface area contributed by atoms with Crippen molar-refractivity contribution < 1.29 is 18.3 Å². The standard InChI is InChI=1S/C12H9ClF3N3O/c13-8-1-2-10(9(5-8)12(14,15)16)18-11(6-20)19-4-3-17-7-19/h1-5,7,20H,6H2. The van der Waals surface area contributed by atoms with Crippen LogP contribution < -0.4 is 0 Å². The summed E-state index contributed by atoms with van der Waals surface area (Å²) in [5.41, 5.74) is -1.28. The highest BCUT2D eigenvalue weighted by atomic mass is 35.5. The fourth-order valence-corrected chi connectivity index (χ4v) is 1.73. The molecule has 0 spiro atoms. The Hall–Kier alpha value is -1.86. The average molecular weight is 304 g/mol. The first kappa shape index (κ1) is 14.5. The summed E-state index contributed by atoms with van der Waals surface area (Å²) in [5.74, 6) is 0.0234. The van der Waals surface area contributed by atoms with Gasteiger partial charge in [0.2, 0.25) is 0 Å². The van der Waals surface area contributed by atoms with Crippen LogP contribution in [0.4, 0.5) is 18.9 Å². The maximum absolute atomic E-state index is 12.9. The van der Waals surface area contributed by atoms with E-state index in [2.05, 4.69) is 9.98 Å². The summed E-state index contributed by atoms with van der Waals surface area (Å²) in [5, 5.41) is 9.18. The molecule has 0 aliphatic rings. The monoisotopic (exact) mass is 303 g/mol. The fourth-order valence-electron chi connectivity index (χ4n) is 1.56. The molecule has 4 nitrogen and oxygen atoms in total. The molecule has 106 valence electrons. The number of halogens is 4. The van der Waals surface area contributed by atoms with Crippen LogP contribution in [0.1, 0.15) is 5.56 Å². The number of hydrogen-bond acceptors (Lipinski definition) is 3. The maximum atomic E-state index is 12.9. The second kappa shape index (κ2) is 5.64. The molecule has 0 saturated carbocycles. The number of alkyl halides is 3. The third-order valence-corrected chi connectivity index (χ3v) is 2.69. The Morgan fingerprint density at radius 2 is 2.15 bits per heavy atom. The van der Waals surface area contributed by atoms with Crippen molar-refractivity contribution >= 4 is 23.1 Å². The lowest BCUT2D eigenvalue weighted by atomic mass is 10.1. The lowest BCUT2D eigenvalue weighted by Gasteiger charge is -2.11. The topological polar surface area (TPSA) is 50.4 Å². The minimum Gasteiger partial charge on any atom is -0.388 e. The van der Waals surface area contributed by atoms with Gasteiger partial charge in [0.05, 0.1) is 11.3 Å². The van der Waals surface area contributed by atoms with Crippen LogP contribution in [0, 0.1) is 0 Å². The summed E-state index contributed by atoms with van der Waals surface area (Å²) in [6.45, 7) is -0.531. The summed E-state index contributed by atoms with van der Waals surface area (Å²) in [4.78, 5) is 7.58. The Bertz CT molecular complexity index is 623. The predicted molar refractivity (Wildman–Crippen MR) is 68.3 cm³/mol. The molecule has 2 aromatic rings. The van der Waals surface area contributed by atoms with E-state index in [4.69, 9.17) is 11.6 Å². The van der Waals surface area contributed by atoms with Crippen molar-refractivity contribution in [1.29, 1.82) is 0 Å². The zero-order chi connectivity index (χ0) is 14.8. The van der Waals surface area contributed by atoms with Crippen molar-refractivity contribution in [2.45, 2.75) is 6.18 Å². The SMILES string of the molecule is OCC(=Nc1ccc(Cl)cc1C(F)(F)F)n1ccnc1. The second-order valence-corrected chi connectivity index (χ2v) is 4.25. The van der Waals surface area contributed by atoms with Gasteiger partial charge >= 0.3 is 6.18 Å². The van der Waals surface area contributed by atoms with Crippen LogP contribution in [-0.2, 0) is 6.18 Å². The molecule has 2 rings (SSSR count). The molecule has 1 heterocycles. The van der Waals surface area contributed by atoms with Gasteiger partial charge in [0.15, 0.2) is 0 Å². The summed E-state index contributed by atoms with van der Waals surface area (Å²) < 4.78 is 40.1. The van der Waals surface area contributed by atoms with Crippen LogP contribution in [0.3, 0.4) is 0 Å². The van der Waals surface area contributed by atoms with Crippen LogP contribution in [0.2, 0.25) is 5.02 Å². The van der Waals surface area contributed by atoms with Gasteiger partial charge in [0, 0.05) is 17.4 Å². The molecule has 1 aromatic carbocycles. The Kier molecular flexibility index (Phi) is 4.10. The molecule has 0 fully saturated rings. The van der Waals surface area contributed by atoms with Crippen molar-refractivity contribution in [3.63, 3.8) is 0 Å². The highest BCUT2D eigenvalue weighted by Crippen LogP contribution is 2.37. The molecule has 0 aliphatic carbocycles. The number of aliphatic hydroxyl groups is 1. The van der Waals surface area contributed by atoms with Gasteiger partial charge in [-0.25, -0.2) is 9.98 Å². The van der Waals surface area contributed by atoms with Crippen LogP contribution in [-0.4, -0.2) is 27.1 Å². The molecule has 0 saturated heterocycles. The van der Waals surface area contributed by atoms with Gasteiger partial charge in [-0.2, -0.15) is 13.2 Å². The van der Waals surface area contributed by atoms with Crippen molar-refractivity contribution in [3.8, 4) is 0 Å². The first-order valence-corrected chi connectivity index (χ1v) is 5.83. The Morgan fingerprint density at radius 3 is 2.70 bits per heavy atom. The van der Waals surface area contributed by atoms with Crippen molar-refractivity contribution in [2.75, 3.05) is 6.61 Å². The van der Waals surface area contributed by atoms with E-state index in [9.17, 15) is 18.3 Å². The van der Waals surface area contributed by atoms with Crippen molar-refractivity contribution in [1.82, 2.24) is 9.55 Å². The molecular formula is C12H9ClF3N3O. The maximum Gasteiger partial charge on any atom is 0.418 e. The van der Waals surface area contributed by atoms with Crippen LogP contribution in [0.5, 0.6) is 0 Å². The fraction of sp³-hybridized carbons (Fsp3) is 0.167. The summed E-state index contributed by atoms with van der Waals surface area (Å²) in [6, 6.07) is 3.25. The van der Waals surface area contributed by atoms with E-state index in [1.807, 2.05) is 0 Å². The van der Waals surface area contributed by atoms with Crippen molar-refractivity contribution in [3.05, 3.63) is 47.5 Å². The van der Waals surface area contributed by atoms with Crippen LogP contribution >= 0.6 is 11.6 Å². The number of hydrogen-bond donors (Lipinski definition) is 1. The number of aromatic nitrogens is 2. The van der Waals surface area contributed by atoms with Gasteiger partial charge in [0.1, 0.15) is 18.8 Å². The van der Waals surface area contributed by atoms with E-state index in [1.54, 1.807) is 0 Å². The molecule has 0 bridgehead atoms. The molecule has 0 unspecified atom stereocenters. The van der Waals surface area contributed by atoms with E-state index >= 15 is 0 Å². The van der Waals surface area contributed by atoms with Crippen LogP contribution in [0.15, 0.2) is 41.9 Å². The highest BCUT2D eigenvalue weighted by Gasteiger charge is 2.34. The first-order chi connectivity index (χ1) is 9.41. The van der Waals surface area contributed by atoms with Gasteiger partial charge in [-0.15, -0.1) is 0 Å². The summed E-state index contributed by atoms with van der Waals surface area (Å²) >= 11 is 5.58. The first-order valence-electron chi connectivity index (χ1n) is 5.45. The third-order valence-electron chi connectivity index (χ3n) is 2.46. The lowest BCUT2D eigenvalue weighted by Crippen LogP contribution is -2.15. The number of rotatable bonds is 2. The quantitative estimate of drug-likeness (QED) is 0.684. The van der Waals surface area contributed by atoms with E-state index in [1.165, 1.54) is 29.4 Å². The number of aliphatic imine (C=N–C) groups is 1. The van der Waals surface area contributed by atoms with Gasteiger partial charge in [-0.05, 0) is 18.2 Å². The molecule has 1 aromatic heterocycles. The molecular weight excluding hydrogens is 295 g/mol. The van der Waals surface area contributed by atoms with Gasteiger partial charge in [-0.1, -0.05) is 11.6 Å². The molecule has 8 heteroatoms. The van der Waals surface area contributed by atoms with E-state index in [-0.39, 0.29) is 16.5 Å². The number of nitrogens with zero attached hydrogens (tertiary/aromatic N) is 3. The minimum absolute atomic E-state index is 0.0234. The van der Waals surface area contributed by atoms with Gasteiger partial charge < -0.3 is 5.11 Å². The van der Waals surface area contributed by atoms with E-state index < -0.39 is 18.3 Å². The largest absolute Gasteiger partial charge is 0.418 e. The minimum atomic E-state index is -4.58. The summed E-state index contributed by atoms with van der Waals surface area (Å²) in [7, 11) is 0. The second-order valence-electron chi connectivity index (χ2n) is 3.82. The molecule has 1 N–H and O–H groups in total. The van der Waals surface area contributed by atoms with Gasteiger partial charge in [0.25, 0.3) is 0 Å². The van der Waals surface area contributed by atoms with Gasteiger partial charge in [-0.3, -0.25) is 4.57 Å². The zero-order valence-corrected chi connectivity index (χ0v) is 10.7. The summed E-state index contributed by atoms with van der Waals surface area (Å²) in [6.07, 6.45) is -0.354. The Morgan fingerprint density at radius 1 is 1.40 bits per heavy atom. The third kappa shape index (κ3) is 3.17. The molecule has 0 atom stereocenters. The Balaban J connectivity index is 2.52. The van der Waals surface area contributed by atoms with E-state index in [0.29, 0.717) is 0 Å². The average Bonchev–Trinajstić information content (AvgIpc) is 2.90.